The number of ether oxygens (including phenoxy) is 1. The summed E-state index contributed by atoms with van der Waals surface area (Å²) in [7, 11) is 0. The molecule has 0 bridgehead atoms. The van der Waals surface area contributed by atoms with Crippen molar-refractivity contribution in [2.24, 2.45) is 0 Å². The summed E-state index contributed by atoms with van der Waals surface area (Å²) in [5, 5.41) is 11.6. The summed E-state index contributed by atoms with van der Waals surface area (Å²) >= 11 is 0. The minimum absolute atomic E-state index is 0.0273. The van der Waals surface area contributed by atoms with Crippen molar-refractivity contribution in [3.8, 4) is 0 Å². The first-order chi connectivity index (χ1) is 9.52. The number of hydrogen-bond donors (Lipinski definition) is 2. The molecular formula is C13H25N3O4. The van der Waals surface area contributed by atoms with Gasteiger partial charge in [-0.2, -0.15) is 0 Å². The highest BCUT2D eigenvalue weighted by Gasteiger charge is 2.18. The van der Waals surface area contributed by atoms with Gasteiger partial charge >= 0.3 is 12.0 Å². The fraction of sp³-hybridized carbons (Fsp3) is 0.846. The molecule has 7 nitrogen and oxygen atoms in total. The van der Waals surface area contributed by atoms with E-state index in [1.807, 2.05) is 13.8 Å². The molecule has 0 aromatic carbocycles. The second-order valence-electron chi connectivity index (χ2n) is 4.99. The molecule has 1 rings (SSSR count). The number of carboxylic acid groups (broad SMARTS) is 1. The van der Waals surface area contributed by atoms with Crippen LogP contribution >= 0.6 is 0 Å². The second-order valence-corrected chi connectivity index (χ2v) is 4.99. The Labute approximate surface area is 119 Å². The van der Waals surface area contributed by atoms with Gasteiger partial charge in [0.15, 0.2) is 0 Å². The first kappa shape index (κ1) is 16.7. The number of hydrogen-bond acceptors (Lipinski definition) is 4. The third kappa shape index (κ3) is 6.21. The Kier molecular flexibility index (Phi) is 7.32. The Morgan fingerprint density at radius 2 is 2.05 bits per heavy atom. The molecule has 1 fully saturated rings. The molecule has 0 aliphatic carbocycles. The maximum Gasteiger partial charge on any atom is 0.317 e. The number of carbonyl (C=O) groups excluding carboxylic acids is 1. The highest BCUT2D eigenvalue weighted by molar-refractivity contribution is 5.75. The van der Waals surface area contributed by atoms with Crippen LogP contribution in [0.2, 0.25) is 0 Å². The van der Waals surface area contributed by atoms with Crippen LogP contribution in [0.25, 0.3) is 0 Å². The van der Waals surface area contributed by atoms with Gasteiger partial charge in [0.05, 0.1) is 19.6 Å². The standard InChI is InChI=1S/C13H25N3O4/c1-3-16(5-4-12(17)18)13(19)14-11(2)10-15-6-8-20-9-7-15/h11H,3-10H2,1-2H3,(H,14,19)(H,17,18). The molecule has 0 aromatic heterocycles. The summed E-state index contributed by atoms with van der Waals surface area (Å²) in [6, 6.07) is -0.172. The average Bonchev–Trinajstić information content (AvgIpc) is 2.40. The number of carbonyl (C=O) groups is 2. The van der Waals surface area contributed by atoms with Gasteiger partial charge in [-0.3, -0.25) is 9.69 Å². The van der Waals surface area contributed by atoms with Crippen molar-refractivity contribution in [2.75, 3.05) is 45.9 Å². The van der Waals surface area contributed by atoms with Crippen molar-refractivity contribution in [3.63, 3.8) is 0 Å². The van der Waals surface area contributed by atoms with E-state index in [-0.39, 0.29) is 25.0 Å². The molecule has 1 saturated heterocycles. The van der Waals surface area contributed by atoms with E-state index in [1.165, 1.54) is 4.90 Å². The predicted octanol–water partition coefficient (Wildman–Crippen LogP) is 0.213. The lowest BCUT2D eigenvalue weighted by molar-refractivity contribution is -0.137. The molecule has 1 unspecified atom stereocenters. The summed E-state index contributed by atoms with van der Waals surface area (Å²) in [4.78, 5) is 26.3. The minimum atomic E-state index is -0.891. The third-order valence-corrected chi connectivity index (χ3v) is 3.27. The molecule has 2 amide bonds. The Bertz CT molecular complexity index is 319. The molecular weight excluding hydrogens is 262 g/mol. The van der Waals surface area contributed by atoms with Crippen molar-refractivity contribution < 1.29 is 19.4 Å². The second kappa shape index (κ2) is 8.76. The minimum Gasteiger partial charge on any atom is -0.481 e. The normalized spacial score (nSPS) is 17.5. The lowest BCUT2D eigenvalue weighted by Crippen LogP contribution is -2.50. The zero-order valence-electron chi connectivity index (χ0n) is 12.3. The summed E-state index contributed by atoms with van der Waals surface area (Å²) in [6.07, 6.45) is -0.0287. The molecule has 1 aliphatic heterocycles. The van der Waals surface area contributed by atoms with E-state index in [1.54, 1.807) is 0 Å². The first-order valence-corrected chi connectivity index (χ1v) is 7.10. The number of amides is 2. The largest absolute Gasteiger partial charge is 0.481 e. The van der Waals surface area contributed by atoms with Gasteiger partial charge in [0.25, 0.3) is 0 Å². The Hall–Kier alpha value is -1.34. The van der Waals surface area contributed by atoms with Gasteiger partial charge in [-0.25, -0.2) is 4.79 Å². The van der Waals surface area contributed by atoms with Crippen molar-refractivity contribution >= 4 is 12.0 Å². The molecule has 0 saturated carbocycles. The highest BCUT2D eigenvalue weighted by Crippen LogP contribution is 2.00. The number of nitrogens with zero attached hydrogens (tertiary/aromatic N) is 2. The van der Waals surface area contributed by atoms with Gasteiger partial charge in [-0.05, 0) is 13.8 Å². The van der Waals surface area contributed by atoms with Crippen molar-refractivity contribution in [3.05, 3.63) is 0 Å². The zero-order valence-corrected chi connectivity index (χ0v) is 12.3. The number of rotatable bonds is 7. The molecule has 116 valence electrons. The Morgan fingerprint density at radius 1 is 1.40 bits per heavy atom. The SMILES string of the molecule is CCN(CCC(=O)O)C(=O)NC(C)CN1CCOCC1. The highest BCUT2D eigenvalue weighted by atomic mass is 16.5. The van der Waals surface area contributed by atoms with E-state index >= 15 is 0 Å². The number of aliphatic carboxylic acids is 1. The van der Waals surface area contributed by atoms with Gasteiger partial charge in [-0.15, -0.1) is 0 Å². The maximum atomic E-state index is 12.0. The molecule has 0 spiro atoms. The lowest BCUT2D eigenvalue weighted by Gasteiger charge is -2.30. The zero-order chi connectivity index (χ0) is 15.0. The molecule has 0 aromatic rings. The topological polar surface area (TPSA) is 82.1 Å². The van der Waals surface area contributed by atoms with Crippen LogP contribution in [-0.2, 0) is 9.53 Å². The fourth-order valence-corrected chi connectivity index (χ4v) is 2.15. The van der Waals surface area contributed by atoms with E-state index in [9.17, 15) is 9.59 Å². The number of morpholine rings is 1. The summed E-state index contributed by atoms with van der Waals surface area (Å²) in [5.41, 5.74) is 0. The molecule has 20 heavy (non-hydrogen) atoms. The summed E-state index contributed by atoms with van der Waals surface area (Å²) in [6.45, 7) is 8.57. The van der Waals surface area contributed by atoms with Gasteiger partial charge in [0.2, 0.25) is 0 Å². The van der Waals surface area contributed by atoms with Crippen molar-refractivity contribution in [2.45, 2.75) is 26.3 Å². The third-order valence-electron chi connectivity index (χ3n) is 3.27. The summed E-state index contributed by atoms with van der Waals surface area (Å²) in [5.74, 6) is -0.891. The van der Waals surface area contributed by atoms with Gasteiger partial charge in [0, 0.05) is 38.8 Å². The Morgan fingerprint density at radius 3 is 2.60 bits per heavy atom. The number of carboxylic acids is 1. The molecule has 1 atom stereocenters. The van der Waals surface area contributed by atoms with Crippen LogP contribution in [0.3, 0.4) is 0 Å². The molecule has 0 radical (unpaired) electrons. The van der Waals surface area contributed by atoms with Gasteiger partial charge in [-0.1, -0.05) is 0 Å². The summed E-state index contributed by atoms with van der Waals surface area (Å²) < 4.78 is 5.28. The van der Waals surface area contributed by atoms with E-state index in [0.29, 0.717) is 6.54 Å². The molecule has 7 heteroatoms. The Balaban J connectivity index is 2.32. The van der Waals surface area contributed by atoms with Crippen LogP contribution in [0, 0.1) is 0 Å². The van der Waals surface area contributed by atoms with Crippen LogP contribution in [0.1, 0.15) is 20.3 Å². The smallest absolute Gasteiger partial charge is 0.317 e. The van der Waals surface area contributed by atoms with E-state index < -0.39 is 5.97 Å². The quantitative estimate of drug-likeness (QED) is 0.699. The van der Waals surface area contributed by atoms with E-state index in [0.717, 1.165) is 32.8 Å². The van der Waals surface area contributed by atoms with Crippen molar-refractivity contribution in [1.82, 2.24) is 15.1 Å². The monoisotopic (exact) mass is 287 g/mol. The molecule has 1 aliphatic rings. The number of urea groups is 1. The average molecular weight is 287 g/mol. The first-order valence-electron chi connectivity index (χ1n) is 7.10. The van der Waals surface area contributed by atoms with Crippen LogP contribution in [-0.4, -0.2) is 78.9 Å². The van der Waals surface area contributed by atoms with Crippen molar-refractivity contribution in [1.29, 1.82) is 0 Å². The van der Waals surface area contributed by atoms with E-state index in [4.69, 9.17) is 9.84 Å². The predicted molar refractivity (Wildman–Crippen MR) is 74.8 cm³/mol. The van der Waals surface area contributed by atoms with Crippen LogP contribution in [0.4, 0.5) is 4.79 Å². The van der Waals surface area contributed by atoms with Crippen LogP contribution < -0.4 is 5.32 Å². The molecule has 1 heterocycles. The van der Waals surface area contributed by atoms with Gasteiger partial charge < -0.3 is 20.1 Å². The number of nitrogens with one attached hydrogen (secondary N) is 1. The molecule has 2 N–H and O–H groups in total. The lowest BCUT2D eigenvalue weighted by atomic mass is 10.3. The van der Waals surface area contributed by atoms with Crippen LogP contribution in [0.15, 0.2) is 0 Å². The van der Waals surface area contributed by atoms with E-state index in [2.05, 4.69) is 10.2 Å². The fourth-order valence-electron chi connectivity index (χ4n) is 2.15. The van der Waals surface area contributed by atoms with Gasteiger partial charge in [0.1, 0.15) is 0 Å². The van der Waals surface area contributed by atoms with Crippen LogP contribution in [0.5, 0.6) is 0 Å². The maximum absolute atomic E-state index is 12.0.